The highest BCUT2D eigenvalue weighted by atomic mass is 32.2. The highest BCUT2D eigenvalue weighted by Crippen LogP contribution is 2.06. The van der Waals surface area contributed by atoms with Gasteiger partial charge in [0.15, 0.2) is 0 Å². The fourth-order valence-corrected chi connectivity index (χ4v) is 2.59. The number of hydrogen-bond acceptors (Lipinski definition) is 8. The Morgan fingerprint density at radius 2 is 1.10 bits per heavy atom. The molecule has 2 aliphatic heterocycles. The first-order valence-corrected chi connectivity index (χ1v) is 7.70. The van der Waals surface area contributed by atoms with Gasteiger partial charge in [-0.3, -0.25) is 9.59 Å². The van der Waals surface area contributed by atoms with Crippen molar-refractivity contribution >= 4 is 32.4 Å². The first-order chi connectivity index (χ1) is 8.99. The molecule has 2 N–H and O–H groups in total. The zero-order valence-corrected chi connectivity index (χ0v) is 11.9. The van der Waals surface area contributed by atoms with E-state index in [-0.39, 0.29) is 11.5 Å². The third-order valence-electron chi connectivity index (χ3n) is 1.60. The third-order valence-corrected chi connectivity index (χ3v) is 3.47. The first kappa shape index (κ1) is 16.0. The van der Waals surface area contributed by atoms with Crippen molar-refractivity contribution in [3.05, 3.63) is 23.7 Å². The summed E-state index contributed by atoms with van der Waals surface area (Å²) in [6, 6.07) is 0. The number of carbonyl (C=O) groups excluding carboxylic acids is 2. The van der Waals surface area contributed by atoms with Crippen molar-refractivity contribution in [1.82, 2.24) is 9.44 Å². The lowest BCUT2D eigenvalue weighted by Crippen LogP contribution is -2.34. The SMILES string of the molecule is CC1=CC(=O)NS(=O)(=O)O1.CC1=CC(=O)NS(=O)(=O)O1. The molecule has 0 aromatic heterocycles. The van der Waals surface area contributed by atoms with Gasteiger partial charge in [-0.2, -0.15) is 16.8 Å². The van der Waals surface area contributed by atoms with Crippen molar-refractivity contribution < 1.29 is 34.8 Å². The molecule has 0 atom stereocenters. The smallest absolute Gasteiger partial charge is 0.371 e. The van der Waals surface area contributed by atoms with Crippen LogP contribution in [0.2, 0.25) is 0 Å². The van der Waals surface area contributed by atoms with Gasteiger partial charge in [0, 0.05) is 12.2 Å². The molecular weight excluding hydrogens is 316 g/mol. The van der Waals surface area contributed by atoms with E-state index in [4.69, 9.17) is 0 Å². The molecule has 0 aliphatic carbocycles. The fourth-order valence-electron chi connectivity index (χ4n) is 1.11. The topological polar surface area (TPSA) is 145 Å². The molecule has 0 aromatic carbocycles. The van der Waals surface area contributed by atoms with Gasteiger partial charge in [0.2, 0.25) is 0 Å². The lowest BCUT2D eigenvalue weighted by molar-refractivity contribution is -0.116. The van der Waals surface area contributed by atoms with E-state index in [0.29, 0.717) is 0 Å². The molecule has 2 heterocycles. The molecule has 2 rings (SSSR count). The highest BCUT2D eigenvalue weighted by molar-refractivity contribution is 7.85. The van der Waals surface area contributed by atoms with Crippen molar-refractivity contribution in [3.63, 3.8) is 0 Å². The van der Waals surface area contributed by atoms with Crippen LogP contribution in [0.4, 0.5) is 0 Å². The lowest BCUT2D eigenvalue weighted by Gasteiger charge is -2.10. The number of nitrogens with one attached hydrogen (secondary N) is 2. The monoisotopic (exact) mass is 326 g/mol. The summed E-state index contributed by atoms with van der Waals surface area (Å²) in [7, 11) is -7.70. The zero-order valence-electron chi connectivity index (χ0n) is 10.2. The molecule has 20 heavy (non-hydrogen) atoms. The Bertz CT molecular complexity index is 639. The average molecular weight is 326 g/mol. The molecule has 12 heteroatoms. The van der Waals surface area contributed by atoms with Gasteiger partial charge in [0.25, 0.3) is 11.8 Å². The van der Waals surface area contributed by atoms with E-state index in [1.54, 1.807) is 9.44 Å². The number of hydrogen-bond donors (Lipinski definition) is 2. The minimum atomic E-state index is -3.85. The van der Waals surface area contributed by atoms with Crippen LogP contribution in [0.15, 0.2) is 23.7 Å². The molecule has 0 radical (unpaired) electrons. The molecule has 0 bridgehead atoms. The minimum absolute atomic E-state index is 0.0729. The van der Waals surface area contributed by atoms with Crippen LogP contribution in [0.3, 0.4) is 0 Å². The van der Waals surface area contributed by atoms with Gasteiger partial charge in [0.1, 0.15) is 11.5 Å². The molecular formula is C8H10N2O8S2. The summed E-state index contributed by atoms with van der Waals surface area (Å²) in [6.45, 7) is 2.77. The summed E-state index contributed by atoms with van der Waals surface area (Å²) in [5, 5.41) is 0. The van der Waals surface area contributed by atoms with Crippen LogP contribution in [-0.4, -0.2) is 28.6 Å². The first-order valence-electron chi connectivity index (χ1n) is 4.88. The molecule has 0 saturated heterocycles. The van der Waals surface area contributed by atoms with E-state index in [2.05, 4.69) is 8.37 Å². The summed E-state index contributed by atoms with van der Waals surface area (Å²) in [4.78, 5) is 20.9. The Morgan fingerprint density at radius 1 is 0.800 bits per heavy atom. The maximum absolute atomic E-state index is 10.5. The highest BCUT2D eigenvalue weighted by Gasteiger charge is 2.21. The van der Waals surface area contributed by atoms with Crippen LogP contribution in [0.5, 0.6) is 0 Å². The number of rotatable bonds is 0. The van der Waals surface area contributed by atoms with Gasteiger partial charge < -0.3 is 8.37 Å². The number of allylic oxidation sites excluding steroid dienone is 2. The summed E-state index contributed by atoms with van der Waals surface area (Å²) in [5.41, 5.74) is 0. The average Bonchev–Trinajstić information content (AvgIpc) is 2.08. The van der Waals surface area contributed by atoms with Gasteiger partial charge in [-0.1, -0.05) is 0 Å². The van der Waals surface area contributed by atoms with Crippen LogP contribution in [0, 0.1) is 0 Å². The predicted octanol–water partition coefficient (Wildman–Crippen LogP) is -1.44. The van der Waals surface area contributed by atoms with Crippen LogP contribution in [-0.2, 0) is 38.6 Å². The Morgan fingerprint density at radius 3 is 1.30 bits per heavy atom. The Hall–Kier alpha value is -2.08. The van der Waals surface area contributed by atoms with Gasteiger partial charge in [0.05, 0.1) is 0 Å². The van der Waals surface area contributed by atoms with Gasteiger partial charge >= 0.3 is 20.6 Å². The largest absolute Gasteiger partial charge is 0.409 e. The zero-order chi connectivity index (χ0) is 15.6. The molecule has 0 spiro atoms. The quantitative estimate of drug-likeness (QED) is 0.550. The van der Waals surface area contributed by atoms with E-state index in [1.165, 1.54) is 13.8 Å². The van der Waals surface area contributed by atoms with Gasteiger partial charge in [-0.05, 0) is 13.8 Å². The molecule has 10 nitrogen and oxygen atoms in total. The Balaban J connectivity index is 0.000000200. The van der Waals surface area contributed by atoms with Crippen molar-refractivity contribution in [3.8, 4) is 0 Å². The van der Waals surface area contributed by atoms with Crippen LogP contribution < -0.4 is 9.44 Å². The summed E-state index contributed by atoms with van der Waals surface area (Å²) < 4.78 is 53.6. The van der Waals surface area contributed by atoms with E-state index in [9.17, 15) is 26.4 Å². The molecule has 0 aromatic rings. The van der Waals surface area contributed by atoms with Crippen molar-refractivity contribution in [2.45, 2.75) is 13.8 Å². The van der Waals surface area contributed by atoms with Crippen molar-refractivity contribution in [2.24, 2.45) is 0 Å². The molecule has 0 saturated carbocycles. The van der Waals surface area contributed by atoms with Gasteiger partial charge in [-0.15, -0.1) is 0 Å². The van der Waals surface area contributed by atoms with E-state index in [1.807, 2.05) is 0 Å². The molecule has 0 fully saturated rings. The van der Waals surface area contributed by atoms with Crippen molar-refractivity contribution in [1.29, 1.82) is 0 Å². The van der Waals surface area contributed by atoms with E-state index in [0.717, 1.165) is 12.2 Å². The fraction of sp³-hybridized carbons (Fsp3) is 0.250. The summed E-state index contributed by atoms with van der Waals surface area (Å²) >= 11 is 0. The maximum atomic E-state index is 10.5. The van der Waals surface area contributed by atoms with Crippen LogP contribution in [0.1, 0.15) is 13.8 Å². The van der Waals surface area contributed by atoms with E-state index >= 15 is 0 Å². The standard InChI is InChI=1S/2C4H5NO4S/c2*1-3-2-4(6)5-10(7,8)9-3/h2*2H,1H3,(H,5,6). The van der Waals surface area contributed by atoms with Gasteiger partial charge in [-0.25, -0.2) is 9.44 Å². The maximum Gasteiger partial charge on any atom is 0.409 e. The van der Waals surface area contributed by atoms with Crippen LogP contribution >= 0.6 is 0 Å². The second-order valence-electron chi connectivity index (χ2n) is 3.52. The summed E-state index contributed by atoms with van der Waals surface area (Å²) in [6.07, 6.45) is 2.11. The van der Waals surface area contributed by atoms with E-state index < -0.39 is 32.4 Å². The third kappa shape index (κ3) is 5.27. The minimum Gasteiger partial charge on any atom is -0.371 e. The second-order valence-corrected chi connectivity index (χ2v) is 6.08. The second kappa shape index (κ2) is 5.50. The molecule has 2 amide bonds. The molecule has 112 valence electrons. The Labute approximate surface area is 114 Å². The molecule has 2 aliphatic rings. The Kier molecular flexibility index (Phi) is 4.39. The molecule has 0 unspecified atom stereocenters. The number of amides is 2. The van der Waals surface area contributed by atoms with Crippen LogP contribution in [0.25, 0.3) is 0 Å². The van der Waals surface area contributed by atoms with Crippen molar-refractivity contribution in [2.75, 3.05) is 0 Å². The lowest BCUT2D eigenvalue weighted by atomic mass is 10.5. The predicted molar refractivity (Wildman–Crippen MR) is 63.8 cm³/mol. The summed E-state index contributed by atoms with van der Waals surface area (Å²) in [5.74, 6) is -1.21. The normalized spacial score (nSPS) is 22.5. The number of carbonyl (C=O) groups is 2.